The third kappa shape index (κ3) is 5.76. The molecule has 0 aliphatic carbocycles. The fraction of sp³-hybridized carbons (Fsp3) is 0.917. The Labute approximate surface area is 94.5 Å². The second kappa shape index (κ2) is 7.67. The zero-order valence-corrected chi connectivity index (χ0v) is 10.7. The lowest BCUT2D eigenvalue weighted by molar-refractivity contribution is 0.215. The molecule has 0 aromatic heterocycles. The Hall–Kier alpha value is -0.590. The van der Waals surface area contributed by atoms with Crippen LogP contribution in [0.1, 0.15) is 40.5 Å². The molecule has 88 valence electrons. The van der Waals surface area contributed by atoms with Crippen LogP contribution in [0.4, 0.5) is 0 Å². The number of nitrogens with one attached hydrogen (secondary N) is 1. The van der Waals surface area contributed by atoms with Crippen LogP contribution in [0.25, 0.3) is 0 Å². The topological polar surface area (TPSA) is 39.1 Å². The molecule has 0 fully saturated rings. The van der Waals surface area contributed by atoms with Gasteiger partial charge in [0, 0.05) is 18.6 Å². The summed E-state index contributed by atoms with van der Waals surface area (Å²) in [5.74, 6) is 0. The van der Waals surface area contributed by atoms with E-state index < -0.39 is 0 Å². The van der Waals surface area contributed by atoms with Crippen LogP contribution in [0.3, 0.4) is 0 Å². The summed E-state index contributed by atoms with van der Waals surface area (Å²) in [6, 6.07) is 3.21. The van der Waals surface area contributed by atoms with Crippen molar-refractivity contribution in [3.63, 3.8) is 0 Å². The molecule has 0 amide bonds. The summed E-state index contributed by atoms with van der Waals surface area (Å²) in [6.07, 6.45) is 2.29. The molecule has 0 rings (SSSR count). The Bertz CT molecular complexity index is 192. The molecule has 1 N–H and O–H groups in total. The Kier molecular flexibility index (Phi) is 7.37. The van der Waals surface area contributed by atoms with Crippen LogP contribution in [-0.4, -0.2) is 36.6 Å². The highest BCUT2D eigenvalue weighted by molar-refractivity contribution is 4.93. The van der Waals surface area contributed by atoms with Gasteiger partial charge in [0.15, 0.2) is 0 Å². The van der Waals surface area contributed by atoms with Gasteiger partial charge in [-0.05, 0) is 33.7 Å². The van der Waals surface area contributed by atoms with Crippen molar-refractivity contribution in [1.29, 1.82) is 5.26 Å². The smallest absolute Gasteiger partial charge is 0.108 e. The van der Waals surface area contributed by atoms with Gasteiger partial charge >= 0.3 is 0 Å². The van der Waals surface area contributed by atoms with Crippen LogP contribution in [0.15, 0.2) is 0 Å². The summed E-state index contributed by atoms with van der Waals surface area (Å²) >= 11 is 0. The van der Waals surface area contributed by atoms with E-state index in [-0.39, 0.29) is 6.04 Å². The van der Waals surface area contributed by atoms with Gasteiger partial charge in [-0.25, -0.2) is 0 Å². The van der Waals surface area contributed by atoms with Crippen LogP contribution < -0.4 is 5.32 Å². The Morgan fingerprint density at radius 1 is 1.27 bits per heavy atom. The van der Waals surface area contributed by atoms with Gasteiger partial charge in [-0.15, -0.1) is 0 Å². The SMILES string of the molecule is CCC(CC)N(C)CC(C#N)NC(C)C. The summed E-state index contributed by atoms with van der Waals surface area (Å²) in [7, 11) is 2.10. The molecule has 0 aliphatic heterocycles. The summed E-state index contributed by atoms with van der Waals surface area (Å²) in [4.78, 5) is 2.28. The molecule has 0 aliphatic rings. The van der Waals surface area contributed by atoms with E-state index in [9.17, 15) is 0 Å². The second-order valence-electron chi connectivity index (χ2n) is 4.41. The lowest BCUT2D eigenvalue weighted by Gasteiger charge is -2.28. The zero-order chi connectivity index (χ0) is 11.8. The summed E-state index contributed by atoms with van der Waals surface area (Å²) in [5, 5.41) is 12.3. The molecule has 0 aromatic carbocycles. The van der Waals surface area contributed by atoms with Crippen LogP contribution >= 0.6 is 0 Å². The fourth-order valence-corrected chi connectivity index (χ4v) is 1.88. The van der Waals surface area contributed by atoms with Crippen molar-refractivity contribution in [2.24, 2.45) is 0 Å². The van der Waals surface area contributed by atoms with Crippen molar-refractivity contribution in [3.05, 3.63) is 0 Å². The summed E-state index contributed by atoms with van der Waals surface area (Å²) < 4.78 is 0. The van der Waals surface area contributed by atoms with E-state index in [1.165, 1.54) is 0 Å². The molecule has 1 atom stereocenters. The van der Waals surface area contributed by atoms with Crippen molar-refractivity contribution in [3.8, 4) is 6.07 Å². The van der Waals surface area contributed by atoms with Crippen LogP contribution in [0.2, 0.25) is 0 Å². The molecule has 3 nitrogen and oxygen atoms in total. The largest absolute Gasteiger partial charge is 0.301 e. The van der Waals surface area contributed by atoms with Crippen molar-refractivity contribution < 1.29 is 0 Å². The molecule has 0 radical (unpaired) electrons. The molecule has 0 saturated heterocycles. The van der Waals surface area contributed by atoms with E-state index in [0.29, 0.717) is 12.1 Å². The minimum absolute atomic E-state index is 0.0596. The predicted molar refractivity (Wildman–Crippen MR) is 64.7 cm³/mol. The number of hydrogen-bond donors (Lipinski definition) is 1. The maximum Gasteiger partial charge on any atom is 0.108 e. The summed E-state index contributed by atoms with van der Waals surface area (Å²) in [5.41, 5.74) is 0. The molecule has 1 unspecified atom stereocenters. The van der Waals surface area contributed by atoms with Gasteiger partial charge in [-0.3, -0.25) is 5.32 Å². The first kappa shape index (κ1) is 14.4. The van der Waals surface area contributed by atoms with Gasteiger partial charge < -0.3 is 4.90 Å². The third-order valence-corrected chi connectivity index (χ3v) is 2.73. The standard InChI is InChI=1S/C12H25N3/c1-6-12(7-2)15(5)9-11(8-13)14-10(3)4/h10-12,14H,6-7,9H2,1-5H3. The van der Waals surface area contributed by atoms with Crippen LogP contribution in [0, 0.1) is 11.3 Å². The Balaban J connectivity index is 4.11. The first-order chi connectivity index (χ1) is 7.04. The lowest BCUT2D eigenvalue weighted by Crippen LogP contribution is -2.44. The van der Waals surface area contributed by atoms with E-state index in [2.05, 4.69) is 51.0 Å². The highest BCUT2D eigenvalue weighted by Crippen LogP contribution is 2.06. The average Bonchev–Trinajstić information content (AvgIpc) is 2.17. The first-order valence-corrected chi connectivity index (χ1v) is 5.90. The normalized spacial score (nSPS) is 13.5. The van der Waals surface area contributed by atoms with Gasteiger partial charge in [0.1, 0.15) is 6.04 Å². The molecule has 0 spiro atoms. The highest BCUT2D eigenvalue weighted by atomic mass is 15.2. The number of nitrogens with zero attached hydrogens (tertiary/aromatic N) is 2. The minimum atomic E-state index is -0.0596. The quantitative estimate of drug-likeness (QED) is 0.700. The maximum absolute atomic E-state index is 9.01. The number of hydrogen-bond acceptors (Lipinski definition) is 3. The highest BCUT2D eigenvalue weighted by Gasteiger charge is 2.16. The van der Waals surface area contributed by atoms with E-state index in [0.717, 1.165) is 19.4 Å². The van der Waals surface area contributed by atoms with Crippen LogP contribution in [-0.2, 0) is 0 Å². The van der Waals surface area contributed by atoms with E-state index >= 15 is 0 Å². The molecule has 0 saturated carbocycles. The first-order valence-electron chi connectivity index (χ1n) is 5.90. The van der Waals surface area contributed by atoms with E-state index in [1.807, 2.05) is 0 Å². The fourth-order valence-electron chi connectivity index (χ4n) is 1.88. The Morgan fingerprint density at radius 2 is 1.80 bits per heavy atom. The lowest BCUT2D eigenvalue weighted by atomic mass is 10.1. The van der Waals surface area contributed by atoms with Crippen molar-refractivity contribution in [1.82, 2.24) is 10.2 Å². The average molecular weight is 211 g/mol. The monoisotopic (exact) mass is 211 g/mol. The van der Waals surface area contributed by atoms with Gasteiger partial charge in [-0.1, -0.05) is 13.8 Å². The molecule has 0 aromatic rings. The molecular formula is C12H25N3. The van der Waals surface area contributed by atoms with Crippen molar-refractivity contribution in [2.75, 3.05) is 13.6 Å². The van der Waals surface area contributed by atoms with Gasteiger partial charge in [0.05, 0.1) is 6.07 Å². The second-order valence-corrected chi connectivity index (χ2v) is 4.41. The van der Waals surface area contributed by atoms with Crippen molar-refractivity contribution in [2.45, 2.75) is 58.7 Å². The summed E-state index contributed by atoms with van der Waals surface area (Å²) in [6.45, 7) is 9.34. The zero-order valence-electron chi connectivity index (χ0n) is 10.7. The predicted octanol–water partition coefficient (Wildman–Crippen LogP) is 2.00. The molecule has 3 heteroatoms. The maximum atomic E-state index is 9.01. The molecular weight excluding hydrogens is 186 g/mol. The van der Waals surface area contributed by atoms with Crippen LogP contribution in [0.5, 0.6) is 0 Å². The number of nitriles is 1. The molecule has 0 bridgehead atoms. The van der Waals surface area contributed by atoms with E-state index in [4.69, 9.17) is 5.26 Å². The molecule has 15 heavy (non-hydrogen) atoms. The molecule has 0 heterocycles. The van der Waals surface area contributed by atoms with Crippen molar-refractivity contribution >= 4 is 0 Å². The minimum Gasteiger partial charge on any atom is -0.301 e. The third-order valence-electron chi connectivity index (χ3n) is 2.73. The van der Waals surface area contributed by atoms with Gasteiger partial charge in [-0.2, -0.15) is 5.26 Å². The number of likely N-dealkylation sites (N-methyl/N-ethyl adjacent to an activating group) is 1. The van der Waals surface area contributed by atoms with E-state index in [1.54, 1.807) is 0 Å². The van der Waals surface area contributed by atoms with Gasteiger partial charge in [0.2, 0.25) is 0 Å². The Morgan fingerprint density at radius 3 is 2.13 bits per heavy atom. The number of rotatable bonds is 7. The van der Waals surface area contributed by atoms with Gasteiger partial charge in [0.25, 0.3) is 0 Å².